The second kappa shape index (κ2) is 9.61. The Bertz CT molecular complexity index is 876. The molecule has 0 radical (unpaired) electrons. The highest BCUT2D eigenvalue weighted by Crippen LogP contribution is 2.33. The average molecular weight is 412 g/mol. The van der Waals surface area contributed by atoms with Crippen LogP contribution in [0.5, 0.6) is 11.6 Å². The molecule has 160 valence electrons. The normalized spacial score (nSPS) is 20.9. The number of aliphatic carboxylic acids is 1. The van der Waals surface area contributed by atoms with E-state index in [-0.39, 0.29) is 11.4 Å². The summed E-state index contributed by atoms with van der Waals surface area (Å²) in [6.07, 6.45) is 4.43. The van der Waals surface area contributed by atoms with Gasteiger partial charge in [-0.05, 0) is 37.2 Å². The number of carbonyl (C=O) groups excluding carboxylic acids is 1. The number of carboxylic acid groups (broad SMARTS) is 1. The summed E-state index contributed by atoms with van der Waals surface area (Å²) < 4.78 is 11.1. The largest absolute Gasteiger partial charge is 0.488 e. The minimum Gasteiger partial charge on any atom is -0.488 e. The van der Waals surface area contributed by atoms with Crippen LogP contribution in [0.3, 0.4) is 0 Å². The molecule has 1 amide bonds. The molecule has 1 aromatic heterocycles. The number of amides is 1. The first-order chi connectivity index (χ1) is 14.4. The Hall–Kier alpha value is -3.09. The number of carboxylic acids is 1. The van der Waals surface area contributed by atoms with E-state index in [9.17, 15) is 14.7 Å². The lowest BCUT2D eigenvalue weighted by Gasteiger charge is -2.36. The van der Waals surface area contributed by atoms with E-state index in [0.29, 0.717) is 37.5 Å². The molecule has 1 fully saturated rings. The lowest BCUT2D eigenvalue weighted by Crippen LogP contribution is -2.56. The highest BCUT2D eigenvalue weighted by Gasteiger charge is 2.42. The Labute approximate surface area is 176 Å². The fraction of sp³-hybridized carbons (Fsp3) is 0.435. The summed E-state index contributed by atoms with van der Waals surface area (Å²) in [4.78, 5) is 28.9. The number of carbonyl (C=O) groups is 2. The maximum atomic E-state index is 12.8. The molecule has 0 aliphatic heterocycles. The van der Waals surface area contributed by atoms with Crippen molar-refractivity contribution < 1.29 is 24.2 Å². The number of nitrogens with one attached hydrogen (secondary N) is 1. The monoisotopic (exact) mass is 412 g/mol. The highest BCUT2D eigenvalue weighted by molar-refractivity contribution is 5.98. The van der Waals surface area contributed by atoms with Crippen molar-refractivity contribution in [1.29, 1.82) is 0 Å². The molecule has 0 spiro atoms. The third kappa shape index (κ3) is 5.09. The van der Waals surface area contributed by atoms with Crippen LogP contribution in [-0.4, -0.2) is 41.2 Å². The maximum absolute atomic E-state index is 12.8. The molecule has 30 heavy (non-hydrogen) atoms. The van der Waals surface area contributed by atoms with Crippen molar-refractivity contribution in [3.05, 3.63) is 53.7 Å². The summed E-state index contributed by atoms with van der Waals surface area (Å²) in [7, 11) is 1.48. The Morgan fingerprint density at radius 1 is 1.23 bits per heavy atom. The number of pyridine rings is 1. The molecule has 2 aromatic rings. The van der Waals surface area contributed by atoms with Gasteiger partial charge in [-0.1, -0.05) is 37.3 Å². The number of nitrogens with zero attached hydrogens (tertiary/aromatic N) is 1. The van der Waals surface area contributed by atoms with Crippen molar-refractivity contribution in [2.24, 2.45) is 5.92 Å². The molecular formula is C23H28N2O5. The Balaban J connectivity index is 1.71. The van der Waals surface area contributed by atoms with E-state index < -0.39 is 17.4 Å². The van der Waals surface area contributed by atoms with Gasteiger partial charge in [0.1, 0.15) is 5.54 Å². The van der Waals surface area contributed by atoms with Gasteiger partial charge in [0.05, 0.1) is 19.3 Å². The van der Waals surface area contributed by atoms with Gasteiger partial charge < -0.3 is 19.9 Å². The Morgan fingerprint density at radius 3 is 2.57 bits per heavy atom. The van der Waals surface area contributed by atoms with Crippen LogP contribution in [0.15, 0.2) is 42.6 Å². The van der Waals surface area contributed by atoms with Gasteiger partial charge in [0.25, 0.3) is 11.8 Å². The first-order valence-corrected chi connectivity index (χ1v) is 10.2. The van der Waals surface area contributed by atoms with Crippen molar-refractivity contribution in [3.8, 4) is 11.6 Å². The van der Waals surface area contributed by atoms with E-state index in [1.807, 2.05) is 30.3 Å². The van der Waals surface area contributed by atoms with Gasteiger partial charge in [0.15, 0.2) is 5.75 Å². The molecular weight excluding hydrogens is 384 g/mol. The molecule has 2 N–H and O–H groups in total. The molecule has 3 rings (SSSR count). The standard InChI is InChI=1S/C23H28N2O5/c1-16-8-11-23(12-9-16,22(27)28)25-20(26)18-14-19(21(29-2)24-15-18)30-13-10-17-6-4-3-5-7-17/h3-7,14-16H,8-13H2,1-2H3,(H,25,26)(H,27,28)/t16-,23+. The van der Waals surface area contributed by atoms with Crippen molar-refractivity contribution >= 4 is 11.9 Å². The number of ether oxygens (including phenoxy) is 2. The van der Waals surface area contributed by atoms with Crippen LogP contribution in [0.4, 0.5) is 0 Å². The number of hydrogen-bond acceptors (Lipinski definition) is 5. The van der Waals surface area contributed by atoms with Gasteiger partial charge in [0, 0.05) is 18.7 Å². The minimum atomic E-state index is -1.24. The predicted octanol–water partition coefficient (Wildman–Crippen LogP) is 3.48. The zero-order valence-electron chi connectivity index (χ0n) is 17.4. The number of aromatic nitrogens is 1. The predicted molar refractivity (Wildman–Crippen MR) is 112 cm³/mol. The van der Waals surface area contributed by atoms with Gasteiger partial charge in [-0.2, -0.15) is 0 Å². The zero-order valence-corrected chi connectivity index (χ0v) is 17.4. The third-order valence-corrected chi connectivity index (χ3v) is 5.65. The van der Waals surface area contributed by atoms with Crippen molar-refractivity contribution in [3.63, 3.8) is 0 Å². The van der Waals surface area contributed by atoms with Crippen LogP contribution < -0.4 is 14.8 Å². The van der Waals surface area contributed by atoms with Crippen LogP contribution in [-0.2, 0) is 11.2 Å². The van der Waals surface area contributed by atoms with Gasteiger partial charge >= 0.3 is 5.97 Å². The Morgan fingerprint density at radius 2 is 1.93 bits per heavy atom. The lowest BCUT2D eigenvalue weighted by molar-refractivity contribution is -0.146. The van der Waals surface area contributed by atoms with Crippen LogP contribution in [0.2, 0.25) is 0 Å². The van der Waals surface area contributed by atoms with Gasteiger partial charge in [-0.3, -0.25) is 4.79 Å². The quantitative estimate of drug-likeness (QED) is 0.689. The molecule has 1 aliphatic carbocycles. The first-order valence-electron chi connectivity index (χ1n) is 10.2. The Kier molecular flexibility index (Phi) is 6.92. The van der Waals surface area contributed by atoms with Crippen molar-refractivity contribution in [2.75, 3.05) is 13.7 Å². The average Bonchev–Trinajstić information content (AvgIpc) is 2.76. The van der Waals surface area contributed by atoms with E-state index in [1.54, 1.807) is 6.07 Å². The zero-order chi connectivity index (χ0) is 21.6. The molecule has 0 unspecified atom stereocenters. The van der Waals surface area contributed by atoms with Crippen LogP contribution in [0.25, 0.3) is 0 Å². The van der Waals surface area contributed by atoms with Crippen LogP contribution >= 0.6 is 0 Å². The summed E-state index contributed by atoms with van der Waals surface area (Å²) in [6.45, 7) is 2.49. The van der Waals surface area contributed by atoms with Crippen molar-refractivity contribution in [1.82, 2.24) is 10.3 Å². The summed E-state index contributed by atoms with van der Waals surface area (Å²) in [5.74, 6) is -0.387. The minimum absolute atomic E-state index is 0.241. The number of methoxy groups -OCH3 is 1. The first kappa shape index (κ1) is 21.6. The fourth-order valence-electron chi connectivity index (χ4n) is 3.67. The van der Waals surface area contributed by atoms with Gasteiger partial charge in [-0.25, -0.2) is 9.78 Å². The van der Waals surface area contributed by atoms with Gasteiger partial charge in [-0.15, -0.1) is 0 Å². The van der Waals surface area contributed by atoms with E-state index in [2.05, 4.69) is 17.2 Å². The van der Waals surface area contributed by atoms with Crippen LogP contribution in [0, 0.1) is 5.92 Å². The number of hydrogen-bond donors (Lipinski definition) is 2. The SMILES string of the molecule is COc1ncc(C(=O)N[C@]2(C(=O)O)CC[C@H](C)CC2)cc1OCCc1ccccc1. The maximum Gasteiger partial charge on any atom is 0.329 e. The summed E-state index contributed by atoms with van der Waals surface area (Å²) in [5.41, 5.74) is 0.135. The molecule has 1 heterocycles. The van der Waals surface area contributed by atoms with E-state index in [4.69, 9.17) is 9.47 Å². The molecule has 1 aliphatic rings. The molecule has 7 heteroatoms. The summed E-state index contributed by atoms with van der Waals surface area (Å²) in [6, 6.07) is 11.5. The van der Waals surface area contributed by atoms with Crippen LogP contribution in [0.1, 0.15) is 48.5 Å². The molecule has 7 nitrogen and oxygen atoms in total. The fourth-order valence-corrected chi connectivity index (χ4v) is 3.67. The molecule has 1 saturated carbocycles. The topological polar surface area (TPSA) is 97.8 Å². The van der Waals surface area contributed by atoms with Gasteiger partial charge in [0.2, 0.25) is 0 Å². The molecule has 0 saturated heterocycles. The second-order valence-corrected chi connectivity index (χ2v) is 7.84. The van der Waals surface area contributed by atoms with E-state index in [1.165, 1.54) is 13.3 Å². The van der Waals surface area contributed by atoms with E-state index >= 15 is 0 Å². The number of rotatable bonds is 8. The number of benzene rings is 1. The highest BCUT2D eigenvalue weighted by atomic mass is 16.5. The lowest BCUT2D eigenvalue weighted by atomic mass is 9.77. The smallest absolute Gasteiger partial charge is 0.329 e. The third-order valence-electron chi connectivity index (χ3n) is 5.65. The molecule has 1 aromatic carbocycles. The van der Waals surface area contributed by atoms with E-state index in [0.717, 1.165) is 18.4 Å². The van der Waals surface area contributed by atoms with Crippen molar-refractivity contribution in [2.45, 2.75) is 44.6 Å². The molecule has 0 atom stereocenters. The molecule has 0 bridgehead atoms. The summed E-state index contributed by atoms with van der Waals surface area (Å²) >= 11 is 0. The second-order valence-electron chi connectivity index (χ2n) is 7.84. The summed E-state index contributed by atoms with van der Waals surface area (Å²) in [5, 5.41) is 12.5.